The molecule has 1 heterocycles. The van der Waals surface area contributed by atoms with E-state index in [1.165, 1.54) is 12.1 Å². The summed E-state index contributed by atoms with van der Waals surface area (Å²) >= 11 is 5.62. The molecule has 1 aromatic rings. The first-order valence-electron chi connectivity index (χ1n) is 4.65. The van der Waals surface area contributed by atoms with Gasteiger partial charge in [-0.25, -0.2) is 4.39 Å². The fourth-order valence-corrected chi connectivity index (χ4v) is 1.69. The molecule has 0 bridgehead atoms. The van der Waals surface area contributed by atoms with Crippen molar-refractivity contribution in [3.63, 3.8) is 0 Å². The van der Waals surface area contributed by atoms with Gasteiger partial charge in [-0.05, 0) is 12.1 Å². The van der Waals surface area contributed by atoms with Crippen LogP contribution in [0.3, 0.4) is 0 Å². The van der Waals surface area contributed by atoms with E-state index in [0.717, 1.165) is 6.42 Å². The molecule has 4 heteroatoms. The number of aliphatic hydroxyl groups is 1. The first kappa shape index (κ1) is 10.5. The largest absolute Gasteiger partial charge is 0.495 e. The topological polar surface area (TPSA) is 29.5 Å². The second kappa shape index (κ2) is 4.21. The highest BCUT2D eigenvalue weighted by Crippen LogP contribution is 2.30. The molecule has 0 aromatic heterocycles. The summed E-state index contributed by atoms with van der Waals surface area (Å²) in [4.78, 5) is 0. The lowest BCUT2D eigenvalue weighted by Gasteiger charge is -2.13. The lowest BCUT2D eigenvalue weighted by Crippen LogP contribution is -2.05. The van der Waals surface area contributed by atoms with Crippen molar-refractivity contribution in [2.24, 2.45) is 0 Å². The van der Waals surface area contributed by atoms with Gasteiger partial charge in [-0.3, -0.25) is 0 Å². The van der Waals surface area contributed by atoms with Crippen LogP contribution in [-0.2, 0) is 4.74 Å². The molecule has 1 unspecified atom stereocenters. The first-order valence-corrected chi connectivity index (χ1v) is 5.03. The van der Waals surface area contributed by atoms with Crippen LogP contribution in [0.2, 0.25) is 5.02 Å². The molecule has 0 amide bonds. The molecule has 2 rings (SSSR count). The van der Waals surface area contributed by atoms with Gasteiger partial charge in [0, 0.05) is 12.0 Å². The molecule has 1 aromatic carbocycles. The van der Waals surface area contributed by atoms with Crippen molar-refractivity contribution < 1.29 is 14.2 Å². The molecule has 2 nitrogen and oxygen atoms in total. The molecular weight excluding hydrogens is 219 g/mol. The molecular formula is C11H10ClFO2. The Kier molecular flexibility index (Phi) is 2.93. The summed E-state index contributed by atoms with van der Waals surface area (Å²) in [6.07, 6.45) is 1.44. The predicted octanol–water partition coefficient (Wildman–Crippen LogP) is 2.82. The van der Waals surface area contributed by atoms with Gasteiger partial charge < -0.3 is 9.84 Å². The van der Waals surface area contributed by atoms with Gasteiger partial charge in [0.2, 0.25) is 0 Å². The first-order chi connectivity index (χ1) is 7.20. The number of benzene rings is 1. The van der Waals surface area contributed by atoms with E-state index in [1.54, 1.807) is 12.1 Å². The van der Waals surface area contributed by atoms with Crippen molar-refractivity contribution in [1.29, 1.82) is 0 Å². The van der Waals surface area contributed by atoms with Crippen molar-refractivity contribution in [3.8, 4) is 0 Å². The predicted molar refractivity (Wildman–Crippen MR) is 55.0 cm³/mol. The van der Waals surface area contributed by atoms with E-state index in [1.807, 2.05) is 0 Å². The minimum Gasteiger partial charge on any atom is -0.495 e. The van der Waals surface area contributed by atoms with Crippen LogP contribution in [0.1, 0.15) is 18.1 Å². The van der Waals surface area contributed by atoms with Crippen molar-refractivity contribution in [1.82, 2.24) is 0 Å². The molecule has 1 N–H and O–H groups in total. The summed E-state index contributed by atoms with van der Waals surface area (Å²) in [5, 5.41) is 9.84. The molecule has 0 radical (unpaired) electrons. The third-order valence-corrected chi connectivity index (χ3v) is 2.57. The second-order valence-electron chi connectivity index (χ2n) is 3.29. The van der Waals surface area contributed by atoms with Crippen LogP contribution in [0.4, 0.5) is 4.39 Å². The van der Waals surface area contributed by atoms with Crippen LogP contribution >= 0.6 is 11.6 Å². The van der Waals surface area contributed by atoms with E-state index in [2.05, 4.69) is 0 Å². The summed E-state index contributed by atoms with van der Waals surface area (Å²) in [5.74, 6) is -0.195. The number of ether oxygens (including phenoxy) is 1. The highest BCUT2D eigenvalue weighted by atomic mass is 35.5. The normalized spacial score (nSPS) is 17.1. The number of hydrogen-bond acceptors (Lipinski definition) is 2. The Bertz CT molecular complexity index is 404. The lowest BCUT2D eigenvalue weighted by molar-refractivity contribution is 0.116. The summed E-state index contributed by atoms with van der Waals surface area (Å²) in [7, 11) is 0. The van der Waals surface area contributed by atoms with Crippen LogP contribution < -0.4 is 0 Å². The van der Waals surface area contributed by atoms with Crippen LogP contribution in [0, 0.1) is 5.82 Å². The van der Waals surface area contributed by atoms with Gasteiger partial charge in [-0.2, -0.15) is 0 Å². The third kappa shape index (κ3) is 1.98. The number of halogens is 2. The van der Waals surface area contributed by atoms with Crippen molar-refractivity contribution >= 4 is 11.6 Å². The second-order valence-corrected chi connectivity index (χ2v) is 3.70. The molecule has 0 spiro atoms. The molecule has 0 saturated carbocycles. The van der Waals surface area contributed by atoms with E-state index < -0.39 is 11.9 Å². The Balaban J connectivity index is 2.32. The molecule has 1 atom stereocenters. The SMILES string of the molecule is OC(C1=CCCO1)c1cccc(Cl)c1F. The molecule has 0 saturated heterocycles. The van der Waals surface area contributed by atoms with Crippen molar-refractivity contribution in [3.05, 3.63) is 46.4 Å². The molecule has 15 heavy (non-hydrogen) atoms. The minimum absolute atomic E-state index is 0.00477. The maximum Gasteiger partial charge on any atom is 0.148 e. The standard InChI is InChI=1S/C11H10ClFO2/c12-8-4-1-3-7(10(8)13)11(14)9-5-2-6-15-9/h1,3-5,11,14H,2,6H2. The van der Waals surface area contributed by atoms with Crippen molar-refractivity contribution in [2.45, 2.75) is 12.5 Å². The fraction of sp³-hybridized carbons (Fsp3) is 0.273. The summed E-state index contributed by atoms with van der Waals surface area (Å²) in [5.41, 5.74) is 0.149. The average Bonchev–Trinajstić information content (AvgIpc) is 2.74. The molecule has 0 fully saturated rings. The zero-order valence-electron chi connectivity index (χ0n) is 7.91. The average molecular weight is 229 g/mol. The Hall–Kier alpha value is -1.06. The highest BCUT2D eigenvalue weighted by Gasteiger charge is 2.21. The number of aliphatic hydroxyl groups excluding tert-OH is 1. The Morgan fingerprint density at radius 2 is 2.27 bits per heavy atom. The van der Waals surface area contributed by atoms with Crippen LogP contribution in [0.25, 0.3) is 0 Å². The van der Waals surface area contributed by atoms with E-state index in [-0.39, 0.29) is 10.6 Å². The number of hydrogen-bond donors (Lipinski definition) is 1. The Labute approximate surface area is 91.9 Å². The smallest absolute Gasteiger partial charge is 0.148 e. The maximum atomic E-state index is 13.5. The third-order valence-electron chi connectivity index (χ3n) is 2.28. The minimum atomic E-state index is -1.06. The van der Waals surface area contributed by atoms with Crippen LogP contribution in [0.5, 0.6) is 0 Å². The summed E-state index contributed by atoms with van der Waals surface area (Å²) < 4.78 is 18.7. The van der Waals surface area contributed by atoms with Crippen LogP contribution in [0.15, 0.2) is 30.0 Å². The zero-order valence-corrected chi connectivity index (χ0v) is 8.67. The number of rotatable bonds is 2. The molecule has 80 valence electrons. The summed E-state index contributed by atoms with van der Waals surface area (Å²) in [6.45, 7) is 0.536. The maximum absolute atomic E-state index is 13.5. The van der Waals surface area contributed by atoms with Gasteiger partial charge in [0.05, 0.1) is 11.6 Å². The van der Waals surface area contributed by atoms with E-state index in [9.17, 15) is 9.50 Å². The van der Waals surface area contributed by atoms with Gasteiger partial charge in [0.1, 0.15) is 17.7 Å². The highest BCUT2D eigenvalue weighted by molar-refractivity contribution is 6.30. The quantitative estimate of drug-likeness (QED) is 0.844. The molecule has 0 aliphatic carbocycles. The van der Waals surface area contributed by atoms with Crippen molar-refractivity contribution in [2.75, 3.05) is 6.61 Å². The van der Waals surface area contributed by atoms with Crippen LogP contribution in [-0.4, -0.2) is 11.7 Å². The van der Waals surface area contributed by atoms with E-state index >= 15 is 0 Å². The van der Waals surface area contributed by atoms with Gasteiger partial charge in [-0.1, -0.05) is 23.7 Å². The van der Waals surface area contributed by atoms with E-state index in [4.69, 9.17) is 16.3 Å². The molecule has 1 aliphatic heterocycles. The Morgan fingerprint density at radius 1 is 1.47 bits per heavy atom. The fourth-order valence-electron chi connectivity index (χ4n) is 1.51. The van der Waals surface area contributed by atoms with Gasteiger partial charge in [0.25, 0.3) is 0 Å². The summed E-state index contributed by atoms with van der Waals surface area (Å²) in [6, 6.07) is 4.53. The Morgan fingerprint density at radius 3 is 2.93 bits per heavy atom. The molecule has 1 aliphatic rings. The zero-order chi connectivity index (χ0) is 10.8. The monoisotopic (exact) mass is 228 g/mol. The van der Waals surface area contributed by atoms with E-state index in [0.29, 0.717) is 12.4 Å². The van der Waals surface area contributed by atoms with Gasteiger partial charge >= 0.3 is 0 Å². The van der Waals surface area contributed by atoms with Gasteiger partial charge in [-0.15, -0.1) is 0 Å². The lowest BCUT2D eigenvalue weighted by atomic mass is 10.1. The van der Waals surface area contributed by atoms with Gasteiger partial charge in [0.15, 0.2) is 0 Å².